The maximum Gasteiger partial charge on any atom is 0.326 e. The molecule has 2 aromatic carbocycles. The highest BCUT2D eigenvalue weighted by atomic mass is 16.4. The van der Waals surface area contributed by atoms with Crippen molar-refractivity contribution >= 4 is 23.5 Å². The van der Waals surface area contributed by atoms with Crippen LogP contribution in [0.4, 0.5) is 5.69 Å². The van der Waals surface area contributed by atoms with Gasteiger partial charge in [0.05, 0.1) is 11.1 Å². The molecule has 0 spiro atoms. The molecule has 174 valence electrons. The molecular formula is C25H28N2O6. The molecule has 0 aromatic heterocycles. The number of para-hydroxylation sites is 1. The Labute approximate surface area is 192 Å². The van der Waals surface area contributed by atoms with Crippen molar-refractivity contribution in [2.24, 2.45) is 5.41 Å². The minimum absolute atomic E-state index is 0.0134. The summed E-state index contributed by atoms with van der Waals surface area (Å²) in [5.74, 6) is -2.85. The molecular weight excluding hydrogens is 424 g/mol. The second-order valence-electron chi connectivity index (χ2n) is 8.79. The summed E-state index contributed by atoms with van der Waals surface area (Å²) < 4.78 is 0. The molecule has 1 heterocycles. The Kier molecular flexibility index (Phi) is 6.60. The minimum Gasteiger partial charge on any atom is -0.506 e. The van der Waals surface area contributed by atoms with Crippen molar-refractivity contribution in [2.45, 2.75) is 44.2 Å². The van der Waals surface area contributed by atoms with Crippen molar-refractivity contribution in [3.63, 3.8) is 0 Å². The first kappa shape index (κ1) is 24.0. The molecule has 1 aliphatic heterocycles. The van der Waals surface area contributed by atoms with Crippen molar-refractivity contribution in [3.8, 4) is 5.75 Å². The van der Waals surface area contributed by atoms with E-state index < -0.39 is 40.8 Å². The van der Waals surface area contributed by atoms with Gasteiger partial charge in [-0.05, 0) is 23.6 Å². The van der Waals surface area contributed by atoms with Gasteiger partial charge in [0.15, 0.2) is 0 Å². The lowest BCUT2D eigenvalue weighted by molar-refractivity contribution is -0.145. The molecule has 0 fully saturated rings. The van der Waals surface area contributed by atoms with Crippen LogP contribution in [0.2, 0.25) is 0 Å². The summed E-state index contributed by atoms with van der Waals surface area (Å²) in [6, 6.07) is 12.0. The van der Waals surface area contributed by atoms with Gasteiger partial charge >= 0.3 is 5.97 Å². The zero-order valence-corrected chi connectivity index (χ0v) is 18.5. The summed E-state index contributed by atoms with van der Waals surface area (Å²) in [4.78, 5) is 38.1. The smallest absolute Gasteiger partial charge is 0.326 e. The van der Waals surface area contributed by atoms with Gasteiger partial charge in [0.2, 0.25) is 11.8 Å². The van der Waals surface area contributed by atoms with Gasteiger partial charge in [0.25, 0.3) is 0 Å². The number of benzene rings is 2. The van der Waals surface area contributed by atoms with Gasteiger partial charge in [-0.15, -0.1) is 6.58 Å². The fourth-order valence-corrected chi connectivity index (χ4v) is 4.35. The summed E-state index contributed by atoms with van der Waals surface area (Å²) in [6.07, 6.45) is -0.213. The molecule has 2 aromatic rings. The molecule has 3 rings (SSSR count). The SMILES string of the molecule is C=CC(C)(C)[C@]1(C[C@@H](NC(=O)[C@H](O)Cc2ccccc2)C(=O)O)C(=O)Nc2c(O)cccc21. The predicted octanol–water partition coefficient (Wildman–Crippen LogP) is 2.36. The number of amides is 2. The van der Waals surface area contributed by atoms with E-state index in [0.29, 0.717) is 5.56 Å². The normalized spacial score (nSPS) is 19.2. The Morgan fingerprint density at radius 3 is 2.45 bits per heavy atom. The van der Waals surface area contributed by atoms with Crippen LogP contribution in [0.5, 0.6) is 5.75 Å². The third-order valence-electron chi connectivity index (χ3n) is 6.44. The molecule has 0 bridgehead atoms. The van der Waals surface area contributed by atoms with Gasteiger partial charge in [-0.1, -0.05) is 62.4 Å². The number of aromatic hydroxyl groups is 1. The number of fused-ring (bicyclic) bond motifs is 1. The molecule has 8 nitrogen and oxygen atoms in total. The molecule has 5 N–H and O–H groups in total. The van der Waals surface area contributed by atoms with Crippen LogP contribution in [0, 0.1) is 5.41 Å². The van der Waals surface area contributed by atoms with Gasteiger partial charge in [-0.25, -0.2) is 4.79 Å². The van der Waals surface area contributed by atoms with Crippen LogP contribution in [0.3, 0.4) is 0 Å². The molecule has 8 heteroatoms. The van der Waals surface area contributed by atoms with Crippen LogP contribution in [0.1, 0.15) is 31.4 Å². The quantitative estimate of drug-likeness (QED) is 0.293. The molecule has 2 amide bonds. The Hall–Kier alpha value is -3.65. The molecule has 3 atom stereocenters. The van der Waals surface area contributed by atoms with Gasteiger partial charge in [-0.2, -0.15) is 0 Å². The lowest BCUT2D eigenvalue weighted by Crippen LogP contribution is -2.55. The van der Waals surface area contributed by atoms with Gasteiger partial charge in [-0.3, -0.25) is 9.59 Å². The van der Waals surface area contributed by atoms with E-state index in [4.69, 9.17) is 0 Å². The molecule has 0 saturated heterocycles. The number of anilines is 1. The molecule has 0 aliphatic carbocycles. The lowest BCUT2D eigenvalue weighted by atomic mass is 9.59. The van der Waals surface area contributed by atoms with E-state index in [1.807, 2.05) is 0 Å². The van der Waals surface area contributed by atoms with Crippen LogP contribution in [-0.4, -0.2) is 45.2 Å². The Balaban J connectivity index is 1.94. The number of carboxylic acids is 1. The average molecular weight is 453 g/mol. The standard InChI is InChI=1S/C25H28N2O6/c1-4-24(2,3)25(16-11-8-12-18(28)20(16)27-23(25)33)14-17(22(31)32)26-21(30)19(29)13-15-9-6-5-7-10-15/h4-12,17,19,28-29H,1,13-14H2,2-3H3,(H,26,30)(H,27,33)(H,31,32)/t17-,19-,25+/m1/s1. The van der Waals surface area contributed by atoms with Crippen LogP contribution in [-0.2, 0) is 26.2 Å². The molecule has 0 unspecified atom stereocenters. The first-order valence-corrected chi connectivity index (χ1v) is 10.6. The van der Waals surface area contributed by atoms with E-state index in [1.165, 1.54) is 6.07 Å². The number of allylic oxidation sites excluding steroid dienone is 1. The second-order valence-corrected chi connectivity index (χ2v) is 8.79. The molecule has 1 aliphatic rings. The number of aliphatic carboxylic acids is 1. The maximum absolute atomic E-state index is 13.3. The van der Waals surface area contributed by atoms with Crippen LogP contribution < -0.4 is 10.6 Å². The summed E-state index contributed by atoms with van der Waals surface area (Å²) in [5, 5.41) is 35.5. The van der Waals surface area contributed by atoms with Gasteiger partial charge in [0.1, 0.15) is 17.9 Å². The third kappa shape index (κ3) is 4.34. The number of rotatable bonds is 9. The average Bonchev–Trinajstić information content (AvgIpc) is 3.07. The van der Waals surface area contributed by atoms with Crippen molar-refractivity contribution < 1.29 is 29.7 Å². The monoisotopic (exact) mass is 452 g/mol. The number of aliphatic hydroxyl groups excluding tert-OH is 1. The molecule has 0 saturated carbocycles. The summed E-state index contributed by atoms with van der Waals surface area (Å²) in [7, 11) is 0. The highest BCUT2D eigenvalue weighted by Gasteiger charge is 2.57. The molecule has 0 radical (unpaired) electrons. The fraction of sp³-hybridized carbons (Fsp3) is 0.320. The van der Waals surface area contributed by atoms with E-state index in [9.17, 15) is 29.7 Å². The topological polar surface area (TPSA) is 136 Å². The highest BCUT2D eigenvalue weighted by molar-refractivity contribution is 6.09. The second kappa shape index (κ2) is 9.07. The fourth-order valence-electron chi connectivity index (χ4n) is 4.35. The minimum atomic E-state index is -1.49. The zero-order valence-electron chi connectivity index (χ0n) is 18.5. The van der Waals surface area contributed by atoms with Crippen LogP contribution in [0.25, 0.3) is 0 Å². The maximum atomic E-state index is 13.3. The van der Waals surface area contributed by atoms with Crippen molar-refractivity contribution in [1.82, 2.24) is 5.32 Å². The van der Waals surface area contributed by atoms with E-state index in [0.717, 1.165) is 5.56 Å². The zero-order chi connectivity index (χ0) is 24.4. The number of carboxylic acid groups (broad SMARTS) is 1. The third-order valence-corrected chi connectivity index (χ3v) is 6.44. The highest BCUT2D eigenvalue weighted by Crippen LogP contribution is 2.54. The number of aliphatic hydroxyl groups is 1. The van der Waals surface area contributed by atoms with Crippen molar-refractivity contribution in [2.75, 3.05) is 5.32 Å². The van der Waals surface area contributed by atoms with E-state index in [2.05, 4.69) is 17.2 Å². The van der Waals surface area contributed by atoms with E-state index >= 15 is 0 Å². The lowest BCUT2D eigenvalue weighted by Gasteiger charge is -2.42. The number of carbonyl (C=O) groups excluding carboxylic acids is 2. The molecule has 33 heavy (non-hydrogen) atoms. The first-order chi connectivity index (χ1) is 15.5. The summed E-state index contributed by atoms with van der Waals surface area (Å²) in [6.45, 7) is 7.30. The number of carbonyl (C=O) groups is 3. The number of hydrogen-bond donors (Lipinski definition) is 5. The summed E-state index contributed by atoms with van der Waals surface area (Å²) in [5.41, 5.74) is -1.05. The largest absolute Gasteiger partial charge is 0.506 e. The Bertz CT molecular complexity index is 1080. The number of phenols is 1. The Morgan fingerprint density at radius 2 is 1.85 bits per heavy atom. The van der Waals surface area contributed by atoms with Crippen LogP contribution >= 0.6 is 0 Å². The van der Waals surface area contributed by atoms with Crippen LogP contribution in [0.15, 0.2) is 61.2 Å². The Morgan fingerprint density at radius 1 is 1.18 bits per heavy atom. The van der Waals surface area contributed by atoms with Gasteiger partial charge in [0, 0.05) is 11.8 Å². The number of nitrogens with one attached hydrogen (secondary N) is 2. The van der Waals surface area contributed by atoms with E-state index in [1.54, 1.807) is 62.4 Å². The number of hydrogen-bond acceptors (Lipinski definition) is 5. The number of phenolic OH excluding ortho intramolecular Hbond substituents is 1. The van der Waals surface area contributed by atoms with Crippen molar-refractivity contribution in [1.29, 1.82) is 0 Å². The van der Waals surface area contributed by atoms with E-state index in [-0.39, 0.29) is 24.3 Å². The summed E-state index contributed by atoms with van der Waals surface area (Å²) >= 11 is 0. The predicted molar refractivity (Wildman–Crippen MR) is 123 cm³/mol. The van der Waals surface area contributed by atoms with Crippen molar-refractivity contribution in [3.05, 3.63) is 72.3 Å². The van der Waals surface area contributed by atoms with Gasteiger partial charge < -0.3 is 26.0 Å². The first-order valence-electron chi connectivity index (χ1n) is 10.6.